The van der Waals surface area contributed by atoms with Crippen molar-refractivity contribution in [2.45, 2.75) is 120 Å². The summed E-state index contributed by atoms with van der Waals surface area (Å²) >= 11 is 0. The molecule has 2 bridgehead atoms. The molecule has 1 aromatic rings. The summed E-state index contributed by atoms with van der Waals surface area (Å²) < 4.78 is 32.2. The summed E-state index contributed by atoms with van der Waals surface area (Å²) in [5.74, 6) is -1.47. The Kier molecular flexibility index (Phi) is 7.57. The molecule has 0 unspecified atom stereocenters. The summed E-state index contributed by atoms with van der Waals surface area (Å²) in [6, 6.07) is 2.33. The van der Waals surface area contributed by atoms with Crippen LogP contribution in [0.1, 0.15) is 83.6 Å². The Labute approximate surface area is 326 Å². The number of esters is 2. The number of epoxide rings is 1. The molecule has 0 radical (unpaired) electrons. The molecule has 4 saturated carbocycles. The van der Waals surface area contributed by atoms with E-state index in [0.29, 0.717) is 54.9 Å². The molecule has 6 aliphatic heterocycles. The molecule has 0 aromatic carbocycles. The van der Waals surface area contributed by atoms with Crippen LogP contribution in [0.2, 0.25) is 0 Å². The topological polar surface area (TPSA) is 181 Å². The summed E-state index contributed by atoms with van der Waals surface area (Å²) in [7, 11) is 0. The number of aliphatic hydroxyl groups excluding tert-OH is 3. The summed E-state index contributed by atoms with van der Waals surface area (Å²) in [6.07, 6.45) is 6.31. The van der Waals surface area contributed by atoms with Crippen molar-refractivity contribution in [3.8, 4) is 0 Å². The highest BCUT2D eigenvalue weighted by Gasteiger charge is 2.92. The molecular weight excluding hydrogens is 720 g/mol. The van der Waals surface area contributed by atoms with Crippen LogP contribution < -0.4 is 5.32 Å². The third kappa shape index (κ3) is 4.20. The lowest BCUT2D eigenvalue weighted by molar-refractivity contribution is -0.266. The fraction of sp³-hybridized carbons (Fsp3) is 0.791. The van der Waals surface area contributed by atoms with Gasteiger partial charge >= 0.3 is 11.9 Å². The van der Waals surface area contributed by atoms with E-state index in [1.807, 2.05) is 26.8 Å². The van der Waals surface area contributed by atoms with Gasteiger partial charge in [-0.05, 0) is 100 Å². The van der Waals surface area contributed by atoms with Crippen LogP contribution in [-0.4, -0.2) is 106 Å². The largest absolute Gasteiger partial charge is 0.469 e. The van der Waals surface area contributed by atoms with E-state index in [-0.39, 0.29) is 48.6 Å². The number of ether oxygens (including phenoxy) is 4. The molecule has 4 aliphatic carbocycles. The number of cyclic esters (lactones) is 2. The first kappa shape index (κ1) is 36.3. The molecule has 1 aromatic heterocycles. The SMILES string of the molecule is CC1(C)O[C@H]2[C@@H]3CC[C@@H]4C[C@@]5(C)[C@H](c6ccoc6C[C@@H]([C@H]6CC[C@H]7[C@H](C=CN8CNC[C@H]78)C6)[C@H](O)CO)OC(=O)[C@H]6O[C@]65[C@]5(C)[C@H](O)C(=O)[C@H]1[C@@]2(COC3=O)[C@@H]45. The molecule has 7 heterocycles. The number of hydrogen-bond donors (Lipinski definition) is 4. The summed E-state index contributed by atoms with van der Waals surface area (Å²) in [5, 5.41) is 37.8. The van der Waals surface area contributed by atoms with Crippen LogP contribution in [0.3, 0.4) is 0 Å². The molecule has 2 spiro atoms. The van der Waals surface area contributed by atoms with Crippen LogP contribution in [-0.2, 0) is 39.8 Å². The van der Waals surface area contributed by atoms with E-state index in [9.17, 15) is 29.7 Å². The molecule has 11 rings (SSSR count). The monoisotopic (exact) mass is 776 g/mol. The molecule has 5 saturated heterocycles. The van der Waals surface area contributed by atoms with Crippen LogP contribution in [0, 0.1) is 63.6 Å². The number of hydrogen-bond acceptors (Lipinski definition) is 13. The fourth-order valence-corrected chi connectivity index (χ4v) is 16.0. The molecule has 304 valence electrons. The highest BCUT2D eigenvalue weighted by atomic mass is 16.7. The average molecular weight is 777 g/mol. The first-order valence-corrected chi connectivity index (χ1v) is 21.2. The maximum absolute atomic E-state index is 14.8. The second-order valence-electron chi connectivity index (χ2n) is 20.3. The zero-order valence-electron chi connectivity index (χ0n) is 32.7. The van der Waals surface area contributed by atoms with Gasteiger partial charge in [0.05, 0.1) is 49.2 Å². The summed E-state index contributed by atoms with van der Waals surface area (Å²) in [4.78, 5) is 44.8. The van der Waals surface area contributed by atoms with Gasteiger partial charge < -0.3 is 43.6 Å². The number of Topliss-reactive ketones (excluding diaryl/α,β-unsaturated/α-hetero) is 1. The second-order valence-corrected chi connectivity index (χ2v) is 20.3. The highest BCUT2D eigenvalue weighted by molar-refractivity contribution is 5.92. The Morgan fingerprint density at radius 1 is 1.04 bits per heavy atom. The quantitative estimate of drug-likeness (QED) is 0.245. The average Bonchev–Trinajstić information content (AvgIpc) is 3.43. The number of aliphatic hydroxyl groups is 3. The lowest BCUT2D eigenvalue weighted by atomic mass is 9.34. The summed E-state index contributed by atoms with van der Waals surface area (Å²) in [6.45, 7) is 9.29. The summed E-state index contributed by atoms with van der Waals surface area (Å²) in [5.41, 5.74) is -4.54. The van der Waals surface area contributed by atoms with Gasteiger partial charge in [0.1, 0.15) is 30.2 Å². The Bertz CT molecular complexity index is 1900. The van der Waals surface area contributed by atoms with Crippen molar-refractivity contribution in [3.05, 3.63) is 35.9 Å². The van der Waals surface area contributed by atoms with E-state index in [1.165, 1.54) is 0 Å². The Balaban J connectivity index is 0.972. The predicted molar refractivity (Wildman–Crippen MR) is 195 cm³/mol. The molecule has 13 heteroatoms. The van der Waals surface area contributed by atoms with E-state index in [0.717, 1.165) is 32.5 Å². The predicted octanol–water partition coefficient (Wildman–Crippen LogP) is 2.66. The molecule has 18 atom stereocenters. The number of fused-ring (bicyclic) bond motifs is 3. The van der Waals surface area contributed by atoms with Crippen molar-refractivity contribution in [2.24, 2.45) is 63.6 Å². The van der Waals surface area contributed by atoms with Crippen LogP contribution >= 0.6 is 0 Å². The smallest absolute Gasteiger partial charge is 0.339 e. The number of nitrogens with zero attached hydrogens (tertiary/aromatic N) is 1. The van der Waals surface area contributed by atoms with Gasteiger partial charge in [-0.25, -0.2) is 4.79 Å². The first-order valence-electron chi connectivity index (χ1n) is 21.2. The van der Waals surface area contributed by atoms with Crippen molar-refractivity contribution in [3.63, 3.8) is 0 Å². The van der Waals surface area contributed by atoms with E-state index < -0.39 is 75.8 Å². The number of furan rings is 1. The van der Waals surface area contributed by atoms with Crippen molar-refractivity contribution in [2.75, 3.05) is 26.4 Å². The van der Waals surface area contributed by atoms with Crippen LogP contribution in [0.5, 0.6) is 0 Å². The maximum atomic E-state index is 14.8. The number of allylic oxidation sites excluding steroid dienone is 1. The van der Waals surface area contributed by atoms with Gasteiger partial charge in [0.15, 0.2) is 11.9 Å². The Morgan fingerprint density at radius 2 is 1.86 bits per heavy atom. The number of rotatable bonds is 6. The number of ketones is 1. The standard InChI is InChI=1S/C43H56N2O11/c1-39(2)32-30(48)33(49)41(4)31-22(6-8-25-35(55-39)42(31,32)18-53-37(25)50)15-40(3)34(54-38(51)36-43(40,41)56-36)24-10-12-52-29(24)14-26(28(47)17-46)20-5-7-23-21(13-20)9-11-45-19-44-16-27(23)45/h9-12,20-23,25-28,31-36,44,46-47,49H,5-8,13-19H2,1-4H3/t20-,21+,22+,23-,25-,26-,27+,28+,31-,32+,33+,34-,35-,36+,40-,41-,42+,43+/m0/s1. The normalized spacial score (nSPS) is 51.3. The molecular formula is C43H56N2O11. The van der Waals surface area contributed by atoms with Crippen molar-refractivity contribution < 1.29 is 53.1 Å². The number of carbonyl (C=O) groups is 3. The van der Waals surface area contributed by atoms with Gasteiger partial charge in [0, 0.05) is 40.8 Å². The van der Waals surface area contributed by atoms with Crippen LogP contribution in [0.25, 0.3) is 0 Å². The van der Waals surface area contributed by atoms with Gasteiger partial charge in [-0.15, -0.1) is 0 Å². The van der Waals surface area contributed by atoms with Gasteiger partial charge in [-0.3, -0.25) is 14.9 Å². The van der Waals surface area contributed by atoms with E-state index in [4.69, 9.17) is 23.4 Å². The molecule has 9 fully saturated rings. The molecule has 0 amide bonds. The minimum Gasteiger partial charge on any atom is -0.469 e. The van der Waals surface area contributed by atoms with Gasteiger partial charge in [-0.1, -0.05) is 19.9 Å². The van der Waals surface area contributed by atoms with Crippen LogP contribution in [0.4, 0.5) is 0 Å². The Morgan fingerprint density at radius 3 is 2.66 bits per heavy atom. The maximum Gasteiger partial charge on any atom is 0.339 e. The van der Waals surface area contributed by atoms with Crippen molar-refractivity contribution in [1.82, 2.24) is 10.2 Å². The fourth-order valence-electron chi connectivity index (χ4n) is 16.0. The zero-order chi connectivity index (χ0) is 38.9. The van der Waals surface area contributed by atoms with Gasteiger partial charge in [-0.2, -0.15) is 0 Å². The van der Waals surface area contributed by atoms with Crippen molar-refractivity contribution >= 4 is 17.7 Å². The highest BCUT2D eigenvalue weighted by Crippen LogP contribution is 2.82. The third-order valence-corrected chi connectivity index (χ3v) is 17.8. The molecule has 4 N–H and O–H groups in total. The first-order chi connectivity index (χ1) is 26.7. The van der Waals surface area contributed by atoms with E-state index >= 15 is 0 Å². The van der Waals surface area contributed by atoms with Gasteiger partial charge in [0.2, 0.25) is 0 Å². The lowest BCUT2D eigenvalue weighted by Crippen LogP contribution is -2.77. The second kappa shape index (κ2) is 11.7. The lowest BCUT2D eigenvalue weighted by Gasteiger charge is -2.68. The molecule has 10 aliphatic rings. The zero-order valence-corrected chi connectivity index (χ0v) is 32.7. The minimum atomic E-state index is -1.46. The van der Waals surface area contributed by atoms with E-state index in [1.54, 1.807) is 6.26 Å². The van der Waals surface area contributed by atoms with Crippen molar-refractivity contribution in [1.29, 1.82) is 0 Å². The van der Waals surface area contributed by atoms with E-state index in [2.05, 4.69) is 29.4 Å². The van der Waals surface area contributed by atoms with Gasteiger partial charge in [0.25, 0.3) is 0 Å². The third-order valence-electron chi connectivity index (χ3n) is 17.8. The molecule has 13 nitrogen and oxygen atoms in total. The number of nitrogens with one attached hydrogen (secondary N) is 1. The minimum absolute atomic E-state index is 0.0243. The number of carbonyl (C=O) groups excluding carboxylic acids is 3. The molecule has 56 heavy (non-hydrogen) atoms. The Hall–Kier alpha value is -2.81. The van der Waals surface area contributed by atoms with Crippen LogP contribution in [0.15, 0.2) is 29.0 Å².